The van der Waals surface area contributed by atoms with E-state index in [0.29, 0.717) is 36.3 Å². The van der Waals surface area contributed by atoms with Gasteiger partial charge in [0.2, 0.25) is 11.8 Å². The van der Waals surface area contributed by atoms with Gasteiger partial charge in [0, 0.05) is 37.5 Å². The van der Waals surface area contributed by atoms with Gasteiger partial charge in [-0.3, -0.25) is 20.2 Å². The van der Waals surface area contributed by atoms with Crippen molar-refractivity contribution in [2.45, 2.75) is 84.0 Å². The topological polar surface area (TPSA) is 103 Å². The molecule has 9 atom stereocenters. The van der Waals surface area contributed by atoms with Crippen LogP contribution in [0.15, 0.2) is 0 Å². The Balaban J connectivity index is 1.34. The van der Waals surface area contributed by atoms with Crippen molar-refractivity contribution in [3.63, 3.8) is 0 Å². The Morgan fingerprint density at radius 3 is 2.48 bits per heavy atom. The molecule has 8 heteroatoms. The molecule has 0 radical (unpaired) electrons. The highest BCUT2D eigenvalue weighted by Gasteiger charge is 2.47. The molecule has 33 heavy (non-hydrogen) atoms. The smallest absolute Gasteiger partial charge is 0.322 e. The summed E-state index contributed by atoms with van der Waals surface area (Å²) >= 11 is 0. The number of hydrogen-bond acceptors (Lipinski definition) is 5. The van der Waals surface area contributed by atoms with Gasteiger partial charge in [0.15, 0.2) is 0 Å². The van der Waals surface area contributed by atoms with Crippen molar-refractivity contribution >= 4 is 17.8 Å². The summed E-state index contributed by atoms with van der Waals surface area (Å²) in [7, 11) is 1.96. The highest BCUT2D eigenvalue weighted by Crippen LogP contribution is 2.44. The Morgan fingerprint density at radius 1 is 0.970 bits per heavy atom. The fraction of sp³-hybridized carbons (Fsp3) is 0.880. The number of carbonyl (C=O) groups excluding carboxylic acids is 3. The van der Waals surface area contributed by atoms with E-state index in [1.165, 1.54) is 0 Å². The van der Waals surface area contributed by atoms with Crippen LogP contribution in [0.1, 0.15) is 65.7 Å². The third-order valence-corrected chi connectivity index (χ3v) is 8.94. The maximum atomic E-state index is 13.4. The number of urea groups is 1. The Hall–Kier alpha value is -1.67. The number of hydrogen-bond donors (Lipinski definition) is 4. The van der Waals surface area contributed by atoms with Crippen LogP contribution < -0.4 is 21.3 Å². The van der Waals surface area contributed by atoms with Crippen molar-refractivity contribution < 1.29 is 14.4 Å². The number of likely N-dealkylation sites (tertiary alicyclic amines) is 1. The lowest BCUT2D eigenvalue weighted by Gasteiger charge is -2.50. The predicted molar refractivity (Wildman–Crippen MR) is 127 cm³/mol. The number of fused-ring (bicyclic) bond motifs is 1. The van der Waals surface area contributed by atoms with Crippen molar-refractivity contribution in [1.29, 1.82) is 0 Å². The predicted octanol–water partition coefficient (Wildman–Crippen LogP) is 2.06. The number of nitrogens with one attached hydrogen (secondary N) is 4. The number of carbonyl (C=O) groups is 3. The maximum Gasteiger partial charge on any atom is 0.322 e. The van der Waals surface area contributed by atoms with Crippen molar-refractivity contribution in [2.75, 3.05) is 20.1 Å². The molecular weight excluding hydrogens is 418 g/mol. The van der Waals surface area contributed by atoms with Crippen molar-refractivity contribution in [3.8, 4) is 0 Å². The first-order valence-corrected chi connectivity index (χ1v) is 13.1. The summed E-state index contributed by atoms with van der Waals surface area (Å²) in [5.74, 6) is 1.50. The average molecular weight is 462 g/mol. The minimum atomic E-state index is -0.416. The van der Waals surface area contributed by atoms with E-state index in [0.717, 1.165) is 51.6 Å². The molecule has 1 saturated carbocycles. The highest BCUT2D eigenvalue weighted by atomic mass is 16.2. The van der Waals surface area contributed by atoms with E-state index in [1.54, 1.807) is 0 Å². The van der Waals surface area contributed by atoms with Crippen molar-refractivity contribution in [1.82, 2.24) is 26.2 Å². The van der Waals surface area contributed by atoms with Crippen LogP contribution in [0.2, 0.25) is 0 Å². The van der Waals surface area contributed by atoms with Crippen LogP contribution in [0.4, 0.5) is 4.79 Å². The fourth-order valence-corrected chi connectivity index (χ4v) is 6.74. The minimum Gasteiger partial charge on any atom is -0.342 e. The Morgan fingerprint density at radius 2 is 1.76 bits per heavy atom. The van der Waals surface area contributed by atoms with Gasteiger partial charge in [0.1, 0.15) is 0 Å². The molecule has 4 aliphatic rings. The average Bonchev–Trinajstić information content (AvgIpc) is 2.78. The first-order valence-electron chi connectivity index (χ1n) is 13.1. The first-order chi connectivity index (χ1) is 15.7. The molecule has 8 nitrogen and oxygen atoms in total. The summed E-state index contributed by atoms with van der Waals surface area (Å²) in [6.07, 6.45) is 6.15. The van der Waals surface area contributed by atoms with Crippen LogP contribution in [0.3, 0.4) is 0 Å². The number of nitrogens with zero attached hydrogens (tertiary/aromatic N) is 1. The monoisotopic (exact) mass is 461 g/mol. The molecule has 3 heterocycles. The summed E-state index contributed by atoms with van der Waals surface area (Å²) in [5, 5.41) is 12.4. The van der Waals surface area contributed by atoms with E-state index >= 15 is 0 Å². The van der Waals surface area contributed by atoms with Crippen LogP contribution in [0.25, 0.3) is 0 Å². The van der Waals surface area contributed by atoms with Crippen molar-refractivity contribution in [2.24, 2.45) is 35.5 Å². The normalized spacial score (nSPS) is 41.8. The highest BCUT2D eigenvalue weighted by molar-refractivity contribution is 5.95. The van der Waals surface area contributed by atoms with Gasteiger partial charge in [-0.05, 0) is 82.1 Å². The third-order valence-electron chi connectivity index (χ3n) is 8.94. The van der Waals surface area contributed by atoms with E-state index in [9.17, 15) is 14.4 Å². The molecule has 1 aliphatic carbocycles. The molecule has 4 fully saturated rings. The van der Waals surface area contributed by atoms with Gasteiger partial charge in [-0.15, -0.1) is 0 Å². The Labute approximate surface area is 198 Å². The molecule has 0 aromatic carbocycles. The molecule has 4 N–H and O–H groups in total. The van der Waals surface area contributed by atoms with E-state index < -0.39 is 6.03 Å². The second kappa shape index (κ2) is 10.3. The molecule has 4 amide bonds. The van der Waals surface area contributed by atoms with E-state index in [2.05, 4.69) is 42.0 Å². The molecule has 0 aromatic heterocycles. The van der Waals surface area contributed by atoms with Crippen LogP contribution in [0.5, 0.6) is 0 Å². The number of amides is 4. The fourth-order valence-electron chi connectivity index (χ4n) is 6.74. The first kappa shape index (κ1) is 24.5. The lowest BCUT2D eigenvalue weighted by atomic mass is 9.64. The van der Waals surface area contributed by atoms with Crippen molar-refractivity contribution in [3.05, 3.63) is 0 Å². The van der Waals surface area contributed by atoms with Gasteiger partial charge >= 0.3 is 6.03 Å². The molecular formula is C25H43N5O3. The van der Waals surface area contributed by atoms with Gasteiger partial charge in [0.25, 0.3) is 0 Å². The molecule has 4 rings (SSSR count). The number of imide groups is 1. The van der Waals surface area contributed by atoms with Gasteiger partial charge in [-0.2, -0.15) is 0 Å². The second-order valence-corrected chi connectivity index (χ2v) is 11.4. The number of piperidine rings is 3. The Bertz CT molecular complexity index is 738. The molecule has 186 valence electrons. The zero-order valence-electron chi connectivity index (χ0n) is 20.7. The molecule has 0 bridgehead atoms. The second-order valence-electron chi connectivity index (χ2n) is 11.4. The lowest BCUT2D eigenvalue weighted by Crippen LogP contribution is -2.60. The molecule has 3 aliphatic heterocycles. The zero-order chi connectivity index (χ0) is 23.7. The van der Waals surface area contributed by atoms with Crippen LogP contribution >= 0.6 is 0 Å². The molecule has 9 unspecified atom stereocenters. The summed E-state index contributed by atoms with van der Waals surface area (Å²) in [4.78, 5) is 40.7. The van der Waals surface area contributed by atoms with E-state index in [-0.39, 0.29) is 35.7 Å². The largest absolute Gasteiger partial charge is 0.342 e. The maximum absolute atomic E-state index is 13.4. The standard InChI is InChI=1S/C25H43N5O3/c1-14-5-8-22(27-12-14)28-25(33)29-23(31)17-7-6-15(2)19(10-17)20-11-18-13-26-16(3)9-21(18)30(4)24(20)32/h14-22,26-27H,5-13H2,1-4H3,(H2,28,29,31,33). The SMILES string of the molecule is CC1CCC(NC(=O)NC(=O)C2CCC(C)C(C3CC4CNC(C)CC4N(C)C3=O)C2)NC1. The number of rotatable bonds is 3. The van der Waals surface area contributed by atoms with Gasteiger partial charge in [-0.25, -0.2) is 4.79 Å². The van der Waals surface area contributed by atoms with E-state index in [1.807, 2.05) is 11.9 Å². The summed E-state index contributed by atoms with van der Waals surface area (Å²) in [6.45, 7) is 8.43. The Kier molecular flexibility index (Phi) is 7.63. The molecule has 3 saturated heterocycles. The summed E-state index contributed by atoms with van der Waals surface area (Å²) in [6, 6.07) is 0.349. The molecule has 0 aromatic rings. The summed E-state index contributed by atoms with van der Waals surface area (Å²) < 4.78 is 0. The van der Waals surface area contributed by atoms with Gasteiger partial charge in [0.05, 0.1) is 6.17 Å². The van der Waals surface area contributed by atoms with Crippen LogP contribution in [-0.2, 0) is 9.59 Å². The van der Waals surface area contributed by atoms with Crippen LogP contribution in [0, 0.1) is 35.5 Å². The summed E-state index contributed by atoms with van der Waals surface area (Å²) in [5.41, 5.74) is 0. The lowest BCUT2D eigenvalue weighted by molar-refractivity contribution is -0.149. The molecule has 0 spiro atoms. The van der Waals surface area contributed by atoms with Gasteiger partial charge in [-0.1, -0.05) is 13.8 Å². The zero-order valence-corrected chi connectivity index (χ0v) is 20.7. The minimum absolute atomic E-state index is 0.0284. The van der Waals surface area contributed by atoms with E-state index in [4.69, 9.17) is 0 Å². The van der Waals surface area contributed by atoms with Gasteiger partial charge < -0.3 is 15.5 Å². The third kappa shape index (κ3) is 5.53. The quantitative estimate of drug-likeness (QED) is 0.515. The van der Waals surface area contributed by atoms with Crippen LogP contribution in [-0.4, -0.2) is 61.1 Å².